The topological polar surface area (TPSA) is 71.6 Å². The molecule has 0 unspecified atom stereocenters. The molecular weight excluding hydrogens is 320 g/mol. The SMILES string of the molecule is CC(=O)c1c(C)[nH]c(C(=O)N(C)C[C@@H]2COc3ccccc3O2)c1C. The minimum absolute atomic E-state index is 0.0476. The van der Waals surface area contributed by atoms with E-state index in [-0.39, 0.29) is 17.8 Å². The van der Waals surface area contributed by atoms with Crippen LogP contribution in [0.3, 0.4) is 0 Å². The zero-order valence-corrected chi connectivity index (χ0v) is 14.9. The summed E-state index contributed by atoms with van der Waals surface area (Å²) in [4.78, 5) is 29.1. The van der Waals surface area contributed by atoms with Crippen LogP contribution in [0.2, 0.25) is 0 Å². The summed E-state index contributed by atoms with van der Waals surface area (Å²) in [6, 6.07) is 7.48. The molecule has 1 amide bonds. The molecule has 1 N–H and O–H groups in total. The number of benzene rings is 1. The number of ether oxygens (including phenoxy) is 2. The third kappa shape index (κ3) is 3.24. The molecule has 0 aliphatic carbocycles. The third-order valence-electron chi connectivity index (χ3n) is 4.40. The first-order chi connectivity index (χ1) is 11.9. The van der Waals surface area contributed by atoms with E-state index in [1.165, 1.54) is 6.92 Å². The molecule has 1 aromatic carbocycles. The van der Waals surface area contributed by atoms with E-state index in [1.54, 1.807) is 25.8 Å². The van der Waals surface area contributed by atoms with E-state index in [1.807, 2.05) is 24.3 Å². The zero-order chi connectivity index (χ0) is 18.1. The van der Waals surface area contributed by atoms with E-state index in [0.29, 0.717) is 41.4 Å². The van der Waals surface area contributed by atoms with E-state index >= 15 is 0 Å². The van der Waals surface area contributed by atoms with Gasteiger partial charge < -0.3 is 19.4 Å². The molecule has 25 heavy (non-hydrogen) atoms. The average Bonchev–Trinajstić information content (AvgIpc) is 2.88. The van der Waals surface area contributed by atoms with Crippen molar-refractivity contribution >= 4 is 11.7 Å². The Kier molecular flexibility index (Phi) is 4.53. The number of para-hydroxylation sites is 2. The maximum absolute atomic E-state index is 12.8. The number of H-pyrrole nitrogens is 1. The number of amides is 1. The number of rotatable bonds is 4. The molecule has 0 fully saturated rings. The standard InChI is InChI=1S/C19H22N2O4/c1-11-17(13(3)22)12(2)20-18(11)19(23)21(4)9-14-10-24-15-7-5-6-8-16(15)25-14/h5-8,14,20H,9-10H2,1-4H3/t14-/m1/s1. The lowest BCUT2D eigenvalue weighted by molar-refractivity contribution is 0.0517. The number of hydrogen-bond acceptors (Lipinski definition) is 4. The van der Waals surface area contributed by atoms with Crippen LogP contribution < -0.4 is 9.47 Å². The van der Waals surface area contributed by atoms with Gasteiger partial charge in [-0.15, -0.1) is 0 Å². The summed E-state index contributed by atoms with van der Waals surface area (Å²) >= 11 is 0. The predicted molar refractivity (Wildman–Crippen MR) is 93.6 cm³/mol. The van der Waals surface area contributed by atoms with Crippen molar-refractivity contribution in [1.29, 1.82) is 0 Å². The van der Waals surface area contributed by atoms with Gasteiger partial charge in [-0.2, -0.15) is 0 Å². The van der Waals surface area contributed by atoms with Gasteiger partial charge in [0.25, 0.3) is 5.91 Å². The largest absolute Gasteiger partial charge is 0.486 e. The highest BCUT2D eigenvalue weighted by Crippen LogP contribution is 2.31. The van der Waals surface area contributed by atoms with Crippen LogP contribution in [0, 0.1) is 13.8 Å². The smallest absolute Gasteiger partial charge is 0.270 e. The summed E-state index contributed by atoms with van der Waals surface area (Å²) in [5.74, 6) is 1.18. The number of aromatic amines is 1. The van der Waals surface area contributed by atoms with Crippen LogP contribution >= 0.6 is 0 Å². The zero-order valence-electron chi connectivity index (χ0n) is 14.9. The molecule has 0 bridgehead atoms. The van der Waals surface area contributed by atoms with Gasteiger partial charge in [-0.3, -0.25) is 9.59 Å². The molecule has 1 aliphatic heterocycles. The normalized spacial score (nSPS) is 15.8. The van der Waals surface area contributed by atoms with Crippen LogP contribution in [0.4, 0.5) is 0 Å². The molecule has 0 radical (unpaired) electrons. The Morgan fingerprint density at radius 2 is 1.92 bits per heavy atom. The molecule has 6 heteroatoms. The molecule has 6 nitrogen and oxygen atoms in total. The lowest BCUT2D eigenvalue weighted by Gasteiger charge is -2.29. The Morgan fingerprint density at radius 1 is 1.24 bits per heavy atom. The van der Waals surface area contributed by atoms with Gasteiger partial charge in [0.15, 0.2) is 23.4 Å². The second-order valence-corrected chi connectivity index (χ2v) is 6.36. The van der Waals surface area contributed by atoms with Crippen molar-refractivity contribution in [3.63, 3.8) is 0 Å². The average molecular weight is 342 g/mol. The highest BCUT2D eigenvalue weighted by atomic mass is 16.6. The maximum Gasteiger partial charge on any atom is 0.270 e. The van der Waals surface area contributed by atoms with E-state index in [2.05, 4.69) is 4.98 Å². The van der Waals surface area contributed by atoms with Crippen LogP contribution in [0.1, 0.15) is 39.0 Å². The van der Waals surface area contributed by atoms with Gasteiger partial charge in [0.05, 0.1) is 6.54 Å². The second-order valence-electron chi connectivity index (χ2n) is 6.36. The van der Waals surface area contributed by atoms with Gasteiger partial charge in [-0.1, -0.05) is 12.1 Å². The highest BCUT2D eigenvalue weighted by molar-refractivity contribution is 6.02. The maximum atomic E-state index is 12.8. The molecule has 1 aromatic heterocycles. The fraction of sp³-hybridized carbons (Fsp3) is 0.368. The van der Waals surface area contributed by atoms with Gasteiger partial charge in [0.1, 0.15) is 12.3 Å². The monoisotopic (exact) mass is 342 g/mol. The van der Waals surface area contributed by atoms with Crippen LogP contribution in [0.25, 0.3) is 0 Å². The van der Waals surface area contributed by atoms with E-state index in [9.17, 15) is 9.59 Å². The van der Waals surface area contributed by atoms with Crippen LogP contribution in [0.15, 0.2) is 24.3 Å². The van der Waals surface area contributed by atoms with E-state index in [0.717, 1.165) is 5.75 Å². The summed E-state index contributed by atoms with van der Waals surface area (Å²) in [6.45, 7) is 5.87. The number of aryl methyl sites for hydroxylation is 1. The summed E-state index contributed by atoms with van der Waals surface area (Å²) in [5.41, 5.74) is 2.44. The lowest BCUT2D eigenvalue weighted by Crippen LogP contribution is -2.42. The Balaban J connectivity index is 1.72. The predicted octanol–water partition coefficient (Wildman–Crippen LogP) is 2.75. The molecule has 2 heterocycles. The number of carbonyl (C=O) groups excluding carboxylic acids is 2. The lowest BCUT2D eigenvalue weighted by atomic mass is 10.1. The van der Waals surface area contributed by atoms with Crippen LogP contribution in [0.5, 0.6) is 11.5 Å². The Labute approximate surface area is 146 Å². The van der Waals surface area contributed by atoms with Crippen molar-refractivity contribution in [2.24, 2.45) is 0 Å². The van der Waals surface area contributed by atoms with Crippen LogP contribution in [-0.2, 0) is 0 Å². The fourth-order valence-electron chi connectivity index (χ4n) is 3.22. The quantitative estimate of drug-likeness (QED) is 0.867. The number of aromatic nitrogens is 1. The molecule has 1 aliphatic rings. The first kappa shape index (κ1) is 17.1. The molecule has 2 aromatic rings. The third-order valence-corrected chi connectivity index (χ3v) is 4.40. The summed E-state index contributed by atoms with van der Waals surface area (Å²) < 4.78 is 11.6. The van der Waals surface area contributed by atoms with Gasteiger partial charge in [-0.05, 0) is 38.5 Å². The summed E-state index contributed by atoms with van der Waals surface area (Å²) in [5, 5.41) is 0. The molecule has 3 rings (SSSR count). The first-order valence-electron chi connectivity index (χ1n) is 8.22. The highest BCUT2D eigenvalue weighted by Gasteiger charge is 2.27. The van der Waals surface area contributed by atoms with Crippen molar-refractivity contribution in [1.82, 2.24) is 9.88 Å². The molecule has 0 saturated heterocycles. The number of ketones is 1. The van der Waals surface area contributed by atoms with E-state index < -0.39 is 0 Å². The van der Waals surface area contributed by atoms with E-state index in [4.69, 9.17) is 9.47 Å². The van der Waals surface area contributed by atoms with Gasteiger partial charge in [-0.25, -0.2) is 0 Å². The van der Waals surface area contributed by atoms with Crippen molar-refractivity contribution in [3.05, 3.63) is 46.8 Å². The Hall–Kier alpha value is -2.76. The number of carbonyl (C=O) groups is 2. The van der Waals surface area contributed by atoms with Gasteiger partial charge >= 0.3 is 0 Å². The Bertz CT molecular complexity index is 825. The molecule has 1 atom stereocenters. The number of Topliss-reactive ketones (excluding diaryl/α,β-unsaturated/α-hetero) is 1. The van der Waals surface area contributed by atoms with Crippen molar-refractivity contribution < 1.29 is 19.1 Å². The fourth-order valence-corrected chi connectivity index (χ4v) is 3.22. The number of nitrogens with zero attached hydrogens (tertiary/aromatic N) is 1. The summed E-state index contributed by atoms with van der Waals surface area (Å²) in [7, 11) is 1.72. The van der Waals surface area contributed by atoms with Gasteiger partial charge in [0, 0.05) is 18.3 Å². The van der Waals surface area contributed by atoms with Crippen molar-refractivity contribution in [2.75, 3.05) is 20.2 Å². The minimum atomic E-state index is -0.243. The molecule has 0 saturated carbocycles. The van der Waals surface area contributed by atoms with Gasteiger partial charge in [0.2, 0.25) is 0 Å². The summed E-state index contributed by atoms with van der Waals surface area (Å²) in [6.07, 6.45) is -0.243. The number of likely N-dealkylation sites (N-methyl/N-ethyl adjacent to an activating group) is 1. The minimum Gasteiger partial charge on any atom is -0.486 e. The number of hydrogen-bond donors (Lipinski definition) is 1. The number of nitrogens with one attached hydrogen (secondary N) is 1. The number of fused-ring (bicyclic) bond motifs is 1. The second kappa shape index (κ2) is 6.63. The molecular formula is C19H22N2O4. The van der Waals surface area contributed by atoms with Crippen LogP contribution in [-0.4, -0.2) is 47.9 Å². The Morgan fingerprint density at radius 3 is 2.56 bits per heavy atom. The van der Waals surface area contributed by atoms with Crippen molar-refractivity contribution in [2.45, 2.75) is 26.9 Å². The van der Waals surface area contributed by atoms with Crippen molar-refractivity contribution in [3.8, 4) is 11.5 Å². The molecule has 132 valence electrons. The first-order valence-corrected chi connectivity index (χ1v) is 8.22. The molecule has 0 spiro atoms.